The number of carbonyl (C=O) groups is 3. The number of hydrogen-bond acceptors (Lipinski definition) is 3. The molecule has 2 aliphatic rings. The van der Waals surface area contributed by atoms with Crippen LogP contribution >= 0.6 is 11.6 Å². The smallest absolute Gasteiger partial charge is 0.322 e. The van der Waals surface area contributed by atoms with Crippen LogP contribution in [0.25, 0.3) is 0 Å². The van der Waals surface area contributed by atoms with Gasteiger partial charge in [0.1, 0.15) is 5.54 Å². The third-order valence-corrected chi connectivity index (χ3v) is 5.85. The Labute approximate surface area is 168 Å². The molecule has 1 spiro atoms. The number of ketones is 1. The second-order valence-corrected chi connectivity index (χ2v) is 7.99. The monoisotopic (exact) mass is 396 g/mol. The van der Waals surface area contributed by atoms with E-state index in [0.29, 0.717) is 29.8 Å². The maximum atomic E-state index is 12.3. The number of imide groups is 1. The Hall–Kier alpha value is -2.66. The number of hydrogen-bond donors (Lipinski definition) is 2. The molecule has 1 fully saturated rings. The molecule has 1 heterocycles. The summed E-state index contributed by atoms with van der Waals surface area (Å²) in [6.07, 6.45) is 3.95. The Morgan fingerprint density at radius 1 is 1.11 bits per heavy atom. The summed E-state index contributed by atoms with van der Waals surface area (Å²) in [5, 5.41) is 5.71. The van der Waals surface area contributed by atoms with Crippen LogP contribution in [0.3, 0.4) is 0 Å². The maximum Gasteiger partial charge on any atom is 0.322 e. The van der Waals surface area contributed by atoms with E-state index >= 15 is 0 Å². The van der Waals surface area contributed by atoms with E-state index in [1.54, 1.807) is 24.3 Å². The van der Waals surface area contributed by atoms with Gasteiger partial charge in [0, 0.05) is 23.4 Å². The summed E-state index contributed by atoms with van der Waals surface area (Å²) in [6, 6.07) is 12.9. The zero-order valence-corrected chi connectivity index (χ0v) is 16.1. The van der Waals surface area contributed by atoms with Crippen LogP contribution in [0.5, 0.6) is 0 Å². The molecule has 2 aromatic rings. The van der Waals surface area contributed by atoms with Crippen molar-refractivity contribution in [1.82, 2.24) is 10.6 Å². The van der Waals surface area contributed by atoms with Crippen LogP contribution in [-0.2, 0) is 24.1 Å². The van der Waals surface area contributed by atoms with Crippen LogP contribution in [-0.4, -0.2) is 23.3 Å². The van der Waals surface area contributed by atoms with E-state index in [-0.39, 0.29) is 11.7 Å². The fraction of sp³-hybridized carbons (Fsp3) is 0.318. The Morgan fingerprint density at radius 2 is 1.96 bits per heavy atom. The van der Waals surface area contributed by atoms with Crippen LogP contribution in [0.15, 0.2) is 42.5 Å². The fourth-order valence-electron chi connectivity index (χ4n) is 4.09. The molecular formula is C22H21ClN2O3. The van der Waals surface area contributed by atoms with Crippen LogP contribution in [0.2, 0.25) is 5.02 Å². The average Bonchev–Trinajstić information content (AvgIpc) is 2.94. The van der Waals surface area contributed by atoms with E-state index in [0.717, 1.165) is 24.8 Å². The molecule has 28 heavy (non-hydrogen) atoms. The topological polar surface area (TPSA) is 75.3 Å². The van der Waals surface area contributed by atoms with Gasteiger partial charge in [-0.05, 0) is 54.5 Å². The number of halogens is 1. The van der Waals surface area contributed by atoms with Crippen molar-refractivity contribution < 1.29 is 14.4 Å². The number of Topliss-reactive ketones (excluding diaryl/α,β-unsaturated/α-hetero) is 1. The van der Waals surface area contributed by atoms with Crippen molar-refractivity contribution in [3.05, 3.63) is 69.7 Å². The molecule has 0 aromatic heterocycles. The number of amides is 3. The zero-order chi connectivity index (χ0) is 19.7. The van der Waals surface area contributed by atoms with Gasteiger partial charge >= 0.3 is 6.03 Å². The Balaban J connectivity index is 1.37. The second kappa shape index (κ2) is 7.40. The third kappa shape index (κ3) is 3.67. The summed E-state index contributed by atoms with van der Waals surface area (Å²) in [6.45, 7) is 0. The number of nitrogens with one attached hydrogen (secondary N) is 2. The highest BCUT2D eigenvalue weighted by atomic mass is 35.5. The molecule has 2 N–H and O–H groups in total. The van der Waals surface area contributed by atoms with E-state index in [1.807, 2.05) is 6.07 Å². The standard InChI is InChI=1S/C22H21ClN2O3/c23-18-5-2-4-16(12-18)19(26)6-1-3-14-7-8-17-13-22(10-9-15(17)11-14)20(27)24-21(28)25-22/h2,4-5,7-8,11-12H,1,3,6,9-10,13H2,(H2,24,25,27,28). The molecule has 6 heteroatoms. The first-order valence-corrected chi connectivity index (χ1v) is 9.86. The summed E-state index contributed by atoms with van der Waals surface area (Å²) in [7, 11) is 0. The predicted octanol–water partition coefficient (Wildman–Crippen LogP) is 3.61. The fourth-order valence-corrected chi connectivity index (χ4v) is 4.28. The highest BCUT2D eigenvalue weighted by Gasteiger charge is 2.47. The van der Waals surface area contributed by atoms with Gasteiger partial charge in [0.15, 0.2) is 5.78 Å². The number of benzene rings is 2. The van der Waals surface area contributed by atoms with Crippen LogP contribution in [0, 0.1) is 0 Å². The number of fused-ring (bicyclic) bond motifs is 1. The van der Waals surface area contributed by atoms with Crippen molar-refractivity contribution in [2.75, 3.05) is 0 Å². The van der Waals surface area contributed by atoms with Gasteiger partial charge in [-0.25, -0.2) is 4.79 Å². The van der Waals surface area contributed by atoms with Crippen molar-refractivity contribution in [1.29, 1.82) is 0 Å². The van der Waals surface area contributed by atoms with E-state index in [9.17, 15) is 14.4 Å². The zero-order valence-electron chi connectivity index (χ0n) is 15.4. The summed E-state index contributed by atoms with van der Waals surface area (Å²) >= 11 is 5.95. The quantitative estimate of drug-likeness (QED) is 0.598. The molecule has 1 atom stereocenters. The summed E-state index contributed by atoms with van der Waals surface area (Å²) < 4.78 is 0. The van der Waals surface area contributed by atoms with Gasteiger partial charge in [0.25, 0.3) is 5.91 Å². The van der Waals surface area contributed by atoms with Gasteiger partial charge in [0.05, 0.1) is 0 Å². The second-order valence-electron chi connectivity index (χ2n) is 7.56. The largest absolute Gasteiger partial charge is 0.323 e. The van der Waals surface area contributed by atoms with Crippen molar-refractivity contribution in [3.63, 3.8) is 0 Å². The van der Waals surface area contributed by atoms with Gasteiger partial charge in [0.2, 0.25) is 0 Å². The Kier molecular flexibility index (Phi) is 4.94. The lowest BCUT2D eigenvalue weighted by Crippen LogP contribution is -2.51. The normalized spacial score (nSPS) is 20.6. The molecule has 1 saturated heterocycles. The molecule has 144 valence electrons. The molecule has 3 amide bonds. The van der Waals surface area contributed by atoms with E-state index in [4.69, 9.17) is 11.6 Å². The van der Waals surface area contributed by atoms with Gasteiger partial charge in [-0.1, -0.05) is 41.9 Å². The van der Waals surface area contributed by atoms with Crippen LogP contribution in [0.4, 0.5) is 4.79 Å². The summed E-state index contributed by atoms with van der Waals surface area (Å²) in [5.74, 6) is -0.128. The highest BCUT2D eigenvalue weighted by Crippen LogP contribution is 2.31. The first kappa shape index (κ1) is 18.7. The van der Waals surface area contributed by atoms with Crippen molar-refractivity contribution in [2.24, 2.45) is 0 Å². The molecule has 1 aliphatic carbocycles. The summed E-state index contributed by atoms with van der Waals surface area (Å²) in [5.41, 5.74) is 3.36. The number of rotatable bonds is 5. The SMILES string of the molecule is O=C1NC(=O)C2(CCc3cc(CCCC(=O)c4cccc(Cl)c4)ccc3C2)N1. The Bertz CT molecular complexity index is 972. The minimum atomic E-state index is -0.797. The highest BCUT2D eigenvalue weighted by molar-refractivity contribution is 6.31. The Morgan fingerprint density at radius 3 is 2.71 bits per heavy atom. The average molecular weight is 397 g/mol. The van der Waals surface area contributed by atoms with E-state index in [2.05, 4.69) is 22.8 Å². The first-order chi connectivity index (χ1) is 13.4. The molecule has 2 aromatic carbocycles. The molecule has 0 saturated carbocycles. The molecule has 4 rings (SSSR count). The predicted molar refractivity (Wildman–Crippen MR) is 107 cm³/mol. The molecule has 0 bridgehead atoms. The lowest BCUT2D eigenvalue weighted by molar-refractivity contribution is -0.124. The van der Waals surface area contributed by atoms with Crippen molar-refractivity contribution in [3.8, 4) is 0 Å². The van der Waals surface area contributed by atoms with Crippen LogP contribution in [0.1, 0.15) is 46.3 Å². The number of urea groups is 1. The van der Waals surface area contributed by atoms with E-state index < -0.39 is 11.6 Å². The van der Waals surface area contributed by atoms with Gasteiger partial charge in [-0.3, -0.25) is 14.9 Å². The number of aryl methyl sites for hydroxylation is 2. The van der Waals surface area contributed by atoms with Gasteiger partial charge in [-0.15, -0.1) is 0 Å². The van der Waals surface area contributed by atoms with Gasteiger partial charge in [-0.2, -0.15) is 0 Å². The minimum absolute atomic E-state index is 0.102. The maximum absolute atomic E-state index is 12.3. The summed E-state index contributed by atoms with van der Waals surface area (Å²) in [4.78, 5) is 35.9. The number of carbonyl (C=O) groups excluding carboxylic acids is 3. The van der Waals surface area contributed by atoms with E-state index in [1.165, 1.54) is 11.1 Å². The lowest BCUT2D eigenvalue weighted by Gasteiger charge is -2.32. The first-order valence-electron chi connectivity index (χ1n) is 9.48. The lowest BCUT2D eigenvalue weighted by atomic mass is 9.77. The van der Waals surface area contributed by atoms with Gasteiger partial charge < -0.3 is 5.32 Å². The molecule has 1 unspecified atom stereocenters. The van der Waals surface area contributed by atoms with Crippen molar-refractivity contribution >= 4 is 29.3 Å². The molecule has 0 radical (unpaired) electrons. The molecular weight excluding hydrogens is 376 g/mol. The van der Waals surface area contributed by atoms with Crippen LogP contribution < -0.4 is 10.6 Å². The molecule has 5 nitrogen and oxygen atoms in total. The minimum Gasteiger partial charge on any atom is -0.323 e. The molecule has 1 aliphatic heterocycles. The third-order valence-electron chi connectivity index (χ3n) is 5.61. The van der Waals surface area contributed by atoms with Crippen molar-refractivity contribution in [2.45, 2.75) is 44.1 Å².